The molecular weight excluding hydrogens is 400 g/mol. The number of hydrogen-bond acceptors (Lipinski definition) is 6. The Morgan fingerprint density at radius 2 is 1.97 bits per heavy atom. The number of nitrogens with zero attached hydrogens (tertiary/aromatic N) is 3. The van der Waals surface area contributed by atoms with Crippen LogP contribution in [0.2, 0.25) is 0 Å². The van der Waals surface area contributed by atoms with Crippen molar-refractivity contribution in [1.29, 1.82) is 0 Å². The van der Waals surface area contributed by atoms with E-state index in [2.05, 4.69) is 21.4 Å². The van der Waals surface area contributed by atoms with Gasteiger partial charge in [0.15, 0.2) is 5.82 Å². The van der Waals surface area contributed by atoms with Crippen LogP contribution in [-0.4, -0.2) is 53.4 Å². The Morgan fingerprint density at radius 1 is 1.20 bits per heavy atom. The van der Waals surface area contributed by atoms with E-state index in [1.165, 1.54) is 10.6 Å². The molecule has 30 heavy (non-hydrogen) atoms. The number of piperidine rings is 1. The van der Waals surface area contributed by atoms with Gasteiger partial charge in [0.25, 0.3) is 0 Å². The lowest BCUT2D eigenvalue weighted by Crippen LogP contribution is -2.44. The number of sulfonamides is 1. The molecule has 1 aliphatic carbocycles. The first-order chi connectivity index (χ1) is 14.4. The Balaban J connectivity index is 1.66. The third-order valence-corrected chi connectivity index (χ3v) is 7.17. The van der Waals surface area contributed by atoms with Gasteiger partial charge in [-0.25, -0.2) is 12.7 Å². The fourth-order valence-corrected chi connectivity index (χ4v) is 5.27. The number of fused-ring (bicyclic) bond motifs is 1. The molecule has 0 unspecified atom stereocenters. The topological polar surface area (TPSA) is 95.4 Å². The fourth-order valence-electron chi connectivity index (χ4n) is 4.36. The summed E-state index contributed by atoms with van der Waals surface area (Å²) in [4.78, 5) is 0. The molecule has 2 N–H and O–H groups in total. The van der Waals surface area contributed by atoms with Crippen molar-refractivity contribution in [2.45, 2.75) is 44.6 Å². The first-order valence-corrected chi connectivity index (χ1v) is 12.1. The van der Waals surface area contributed by atoms with Crippen molar-refractivity contribution in [3.8, 4) is 29.4 Å². The molecule has 1 aromatic carbocycles. The van der Waals surface area contributed by atoms with E-state index in [0.717, 1.165) is 55.5 Å². The maximum Gasteiger partial charge on any atom is 0.211 e. The fraction of sp³-hybridized carbons (Fsp3) is 0.455. The van der Waals surface area contributed by atoms with E-state index in [-0.39, 0.29) is 11.8 Å². The maximum atomic E-state index is 11.9. The van der Waals surface area contributed by atoms with E-state index in [1.54, 1.807) is 18.2 Å². The number of anilines is 1. The number of hydrogen-bond donors (Lipinski definition) is 2. The highest BCUT2D eigenvalue weighted by atomic mass is 32.2. The van der Waals surface area contributed by atoms with Gasteiger partial charge in [-0.2, -0.15) is 0 Å². The first kappa shape index (κ1) is 20.6. The van der Waals surface area contributed by atoms with Gasteiger partial charge < -0.3 is 10.4 Å². The highest BCUT2D eigenvalue weighted by Crippen LogP contribution is 2.37. The molecule has 2 heterocycles. The Kier molecular flexibility index (Phi) is 5.67. The Hall–Kier alpha value is -2.63. The summed E-state index contributed by atoms with van der Waals surface area (Å²) in [6.07, 6.45) is 12.2. The molecule has 1 aliphatic heterocycles. The molecule has 0 radical (unpaired) electrons. The zero-order valence-corrected chi connectivity index (χ0v) is 17.9. The second-order valence-corrected chi connectivity index (χ2v) is 10.0. The van der Waals surface area contributed by atoms with Crippen LogP contribution in [0.1, 0.15) is 42.4 Å². The molecule has 0 spiro atoms. The number of aromatic hydroxyl groups is 1. The predicted molar refractivity (Wildman–Crippen MR) is 117 cm³/mol. The molecule has 8 heteroatoms. The van der Waals surface area contributed by atoms with Crippen molar-refractivity contribution in [3.63, 3.8) is 0 Å². The summed E-state index contributed by atoms with van der Waals surface area (Å²) in [7, 11) is -3.21. The van der Waals surface area contributed by atoms with E-state index in [0.29, 0.717) is 29.9 Å². The number of phenolic OH excluding ortho intramolecular Hbond substituents is 1. The minimum Gasteiger partial charge on any atom is -0.507 e. The van der Waals surface area contributed by atoms with E-state index in [4.69, 9.17) is 6.42 Å². The molecule has 1 fully saturated rings. The summed E-state index contributed by atoms with van der Waals surface area (Å²) in [5.41, 5.74) is 4.15. The lowest BCUT2D eigenvalue weighted by Gasteiger charge is -2.32. The van der Waals surface area contributed by atoms with E-state index >= 15 is 0 Å². The normalized spacial score (nSPS) is 19.7. The number of benzene rings is 1. The van der Waals surface area contributed by atoms with Gasteiger partial charge in [-0.3, -0.25) is 0 Å². The number of aromatic nitrogens is 2. The molecule has 1 aromatic heterocycles. The summed E-state index contributed by atoms with van der Waals surface area (Å²) in [6.45, 7) is 0.998. The summed E-state index contributed by atoms with van der Waals surface area (Å²) in [5, 5.41) is 22.8. The lowest BCUT2D eigenvalue weighted by molar-refractivity contribution is 0.328. The van der Waals surface area contributed by atoms with Crippen molar-refractivity contribution in [3.05, 3.63) is 34.9 Å². The second-order valence-electron chi connectivity index (χ2n) is 8.04. The Morgan fingerprint density at radius 3 is 2.67 bits per heavy atom. The second kappa shape index (κ2) is 8.25. The smallest absolute Gasteiger partial charge is 0.211 e. The number of nitrogens with one attached hydrogen (secondary N) is 1. The molecule has 2 aromatic rings. The predicted octanol–water partition coefficient (Wildman–Crippen LogP) is 2.55. The zero-order valence-electron chi connectivity index (χ0n) is 17.1. The van der Waals surface area contributed by atoms with Crippen LogP contribution in [0.4, 0.5) is 5.82 Å². The minimum absolute atomic E-state index is 0.00275. The average Bonchev–Trinajstić information content (AvgIpc) is 2.74. The summed E-state index contributed by atoms with van der Waals surface area (Å²) in [6, 6.07) is 5.16. The van der Waals surface area contributed by atoms with Crippen LogP contribution in [0.3, 0.4) is 0 Å². The van der Waals surface area contributed by atoms with Crippen molar-refractivity contribution in [1.82, 2.24) is 14.5 Å². The SMILES string of the molecule is C#Cc1ccc(-c2nnc(N[C@@H]3CCCN(S(C)(=O)=O)C3)c3c2CCCC3)c(O)c1. The molecule has 0 saturated carbocycles. The highest BCUT2D eigenvalue weighted by Gasteiger charge is 2.28. The minimum atomic E-state index is -3.21. The lowest BCUT2D eigenvalue weighted by atomic mass is 9.88. The maximum absolute atomic E-state index is 11.9. The largest absolute Gasteiger partial charge is 0.507 e. The third-order valence-electron chi connectivity index (χ3n) is 5.90. The molecule has 1 saturated heterocycles. The van der Waals surface area contributed by atoms with Crippen LogP contribution in [-0.2, 0) is 22.9 Å². The number of rotatable bonds is 4. The Bertz CT molecular complexity index is 1110. The zero-order chi connectivity index (χ0) is 21.3. The molecule has 0 amide bonds. The highest BCUT2D eigenvalue weighted by molar-refractivity contribution is 7.88. The van der Waals surface area contributed by atoms with Crippen LogP contribution in [0, 0.1) is 12.3 Å². The van der Waals surface area contributed by atoms with Gasteiger partial charge in [-0.15, -0.1) is 16.6 Å². The monoisotopic (exact) mass is 426 g/mol. The average molecular weight is 427 g/mol. The van der Waals surface area contributed by atoms with Crippen molar-refractivity contribution >= 4 is 15.8 Å². The van der Waals surface area contributed by atoms with Crippen molar-refractivity contribution in [2.24, 2.45) is 0 Å². The van der Waals surface area contributed by atoms with E-state index < -0.39 is 10.0 Å². The van der Waals surface area contributed by atoms with Crippen LogP contribution in [0.25, 0.3) is 11.3 Å². The molecular formula is C22H26N4O3S. The van der Waals surface area contributed by atoms with Gasteiger partial charge in [0.05, 0.1) is 6.26 Å². The van der Waals surface area contributed by atoms with Gasteiger partial charge in [0, 0.05) is 35.8 Å². The van der Waals surface area contributed by atoms with E-state index in [9.17, 15) is 13.5 Å². The van der Waals surface area contributed by atoms with Gasteiger partial charge in [-0.1, -0.05) is 5.92 Å². The molecule has 2 aliphatic rings. The van der Waals surface area contributed by atoms with Gasteiger partial charge >= 0.3 is 0 Å². The molecule has 158 valence electrons. The van der Waals surface area contributed by atoms with Gasteiger partial charge in [0.2, 0.25) is 10.0 Å². The van der Waals surface area contributed by atoms with Gasteiger partial charge in [0.1, 0.15) is 11.4 Å². The standard InChI is InChI=1S/C22H26N4O3S/c1-3-15-10-11-19(20(27)13-15)21-17-8-4-5-9-18(17)22(25-24-21)23-16-7-6-12-26(14-16)30(2,28)29/h1,10-11,13,16,27H,4-9,12,14H2,2H3,(H,23,25)/t16-/m1/s1. The third kappa shape index (κ3) is 4.13. The number of terminal acetylenes is 1. The Labute approximate surface area is 177 Å². The summed E-state index contributed by atoms with van der Waals surface area (Å²) >= 11 is 0. The first-order valence-electron chi connectivity index (χ1n) is 10.3. The van der Waals surface area contributed by atoms with Crippen LogP contribution in [0.15, 0.2) is 18.2 Å². The van der Waals surface area contributed by atoms with Crippen LogP contribution in [0.5, 0.6) is 5.75 Å². The quantitative estimate of drug-likeness (QED) is 0.730. The summed E-state index contributed by atoms with van der Waals surface area (Å²) < 4.78 is 25.4. The van der Waals surface area contributed by atoms with Crippen LogP contribution < -0.4 is 5.32 Å². The van der Waals surface area contributed by atoms with Gasteiger partial charge in [-0.05, 0) is 62.3 Å². The van der Waals surface area contributed by atoms with Crippen LogP contribution >= 0.6 is 0 Å². The molecule has 1 atom stereocenters. The van der Waals surface area contributed by atoms with E-state index in [1.807, 2.05) is 0 Å². The number of phenols is 1. The molecule has 4 rings (SSSR count). The molecule has 7 nitrogen and oxygen atoms in total. The van der Waals surface area contributed by atoms with Crippen molar-refractivity contribution in [2.75, 3.05) is 24.7 Å². The summed E-state index contributed by atoms with van der Waals surface area (Å²) in [5.74, 6) is 3.36. The molecule has 0 bridgehead atoms. The van der Waals surface area contributed by atoms with Crippen molar-refractivity contribution < 1.29 is 13.5 Å².